The van der Waals surface area contributed by atoms with Crippen molar-refractivity contribution in [2.45, 2.75) is 20.3 Å². The molecular weight excluding hydrogens is 230 g/mol. The number of hydrogen-bond acceptors (Lipinski definition) is 2. The smallest absolute Gasteiger partial charge is 0.323 e. The van der Waals surface area contributed by atoms with Crippen molar-refractivity contribution < 1.29 is 4.79 Å². The third-order valence-corrected chi connectivity index (χ3v) is 2.80. The Hall–Kier alpha value is -2.04. The predicted molar refractivity (Wildman–Crippen MR) is 70.7 cm³/mol. The maximum atomic E-state index is 12.0. The normalized spacial score (nSPS) is 11.1. The standard InChI is InChI=1S/C13H17N3O2/c1-8(2)6-7-14-12(17)9-4-3-5-10-11(9)16-13(18)15-10/h3-5,8H,6-7H2,1-2H3,(H,14,17)(H2,15,16,18). The third kappa shape index (κ3) is 2.61. The fraction of sp³-hybridized carbons (Fsp3) is 0.385. The van der Waals surface area contributed by atoms with Gasteiger partial charge in [-0.05, 0) is 24.5 Å². The predicted octanol–water partition coefficient (Wildman–Crippen LogP) is 1.63. The molecule has 3 N–H and O–H groups in total. The summed E-state index contributed by atoms with van der Waals surface area (Å²) < 4.78 is 0. The molecule has 2 rings (SSSR count). The van der Waals surface area contributed by atoms with Crippen LogP contribution in [0.15, 0.2) is 23.0 Å². The highest BCUT2D eigenvalue weighted by Crippen LogP contribution is 2.12. The number of para-hydroxylation sites is 1. The Morgan fingerprint density at radius 2 is 2.11 bits per heavy atom. The minimum Gasteiger partial charge on any atom is -0.352 e. The second-order valence-electron chi connectivity index (χ2n) is 4.75. The number of imidazole rings is 1. The Labute approximate surface area is 105 Å². The molecule has 0 unspecified atom stereocenters. The number of nitrogens with one attached hydrogen (secondary N) is 3. The number of fused-ring (bicyclic) bond motifs is 1. The lowest BCUT2D eigenvalue weighted by atomic mass is 10.1. The van der Waals surface area contributed by atoms with Crippen molar-refractivity contribution >= 4 is 16.9 Å². The van der Waals surface area contributed by atoms with Crippen LogP contribution in [0.3, 0.4) is 0 Å². The Balaban J connectivity index is 2.20. The highest BCUT2D eigenvalue weighted by atomic mass is 16.2. The molecule has 0 aliphatic heterocycles. The average Bonchev–Trinajstić information content (AvgIpc) is 2.67. The van der Waals surface area contributed by atoms with Gasteiger partial charge in [-0.2, -0.15) is 0 Å². The number of aromatic amines is 2. The molecule has 0 radical (unpaired) electrons. The Bertz CT molecular complexity index is 610. The highest BCUT2D eigenvalue weighted by Gasteiger charge is 2.11. The number of aromatic nitrogens is 2. The summed E-state index contributed by atoms with van der Waals surface area (Å²) >= 11 is 0. The summed E-state index contributed by atoms with van der Waals surface area (Å²) in [7, 11) is 0. The lowest BCUT2D eigenvalue weighted by molar-refractivity contribution is 0.0953. The Morgan fingerprint density at radius 1 is 1.33 bits per heavy atom. The number of H-pyrrole nitrogens is 2. The van der Waals surface area contributed by atoms with E-state index in [1.165, 1.54) is 0 Å². The van der Waals surface area contributed by atoms with Crippen LogP contribution in [0.5, 0.6) is 0 Å². The summed E-state index contributed by atoms with van der Waals surface area (Å²) in [5, 5.41) is 2.86. The van der Waals surface area contributed by atoms with Gasteiger partial charge in [0.05, 0.1) is 16.6 Å². The van der Waals surface area contributed by atoms with Crippen molar-refractivity contribution in [2.24, 2.45) is 5.92 Å². The van der Waals surface area contributed by atoms with E-state index in [-0.39, 0.29) is 11.6 Å². The van der Waals surface area contributed by atoms with E-state index in [9.17, 15) is 9.59 Å². The van der Waals surface area contributed by atoms with E-state index in [0.717, 1.165) is 6.42 Å². The van der Waals surface area contributed by atoms with Gasteiger partial charge >= 0.3 is 5.69 Å². The lowest BCUT2D eigenvalue weighted by Gasteiger charge is -2.07. The molecule has 96 valence electrons. The Kier molecular flexibility index (Phi) is 3.50. The monoisotopic (exact) mass is 247 g/mol. The summed E-state index contributed by atoms with van der Waals surface area (Å²) in [5.74, 6) is 0.393. The minimum absolute atomic E-state index is 0.156. The van der Waals surface area contributed by atoms with Crippen LogP contribution in [0.1, 0.15) is 30.6 Å². The van der Waals surface area contributed by atoms with E-state index >= 15 is 0 Å². The van der Waals surface area contributed by atoms with Gasteiger partial charge in [-0.25, -0.2) is 4.79 Å². The van der Waals surface area contributed by atoms with Crippen LogP contribution in [-0.2, 0) is 0 Å². The maximum Gasteiger partial charge on any atom is 0.323 e. The van der Waals surface area contributed by atoms with E-state index in [2.05, 4.69) is 29.1 Å². The first-order chi connectivity index (χ1) is 8.58. The van der Waals surface area contributed by atoms with Gasteiger partial charge in [0.2, 0.25) is 0 Å². The first kappa shape index (κ1) is 12.4. The van der Waals surface area contributed by atoms with Gasteiger partial charge in [0.15, 0.2) is 0 Å². The van der Waals surface area contributed by atoms with E-state index < -0.39 is 0 Å². The molecule has 0 aliphatic carbocycles. The Morgan fingerprint density at radius 3 is 2.83 bits per heavy atom. The van der Waals surface area contributed by atoms with Gasteiger partial charge in [0.25, 0.3) is 5.91 Å². The van der Waals surface area contributed by atoms with Crippen LogP contribution >= 0.6 is 0 Å². The highest BCUT2D eigenvalue weighted by molar-refractivity contribution is 6.04. The molecule has 0 fully saturated rings. The van der Waals surface area contributed by atoms with Crippen molar-refractivity contribution in [1.82, 2.24) is 15.3 Å². The SMILES string of the molecule is CC(C)CCNC(=O)c1cccc2[nH]c(=O)[nH]c12. The van der Waals surface area contributed by atoms with Crippen molar-refractivity contribution in [3.63, 3.8) is 0 Å². The average molecular weight is 247 g/mol. The van der Waals surface area contributed by atoms with Crippen LogP contribution in [0.25, 0.3) is 11.0 Å². The molecule has 1 aromatic heterocycles. The molecule has 0 aliphatic rings. The van der Waals surface area contributed by atoms with Gasteiger partial charge in [-0.15, -0.1) is 0 Å². The molecule has 5 nitrogen and oxygen atoms in total. The number of amides is 1. The topological polar surface area (TPSA) is 77.8 Å². The van der Waals surface area contributed by atoms with Crippen LogP contribution < -0.4 is 11.0 Å². The van der Waals surface area contributed by atoms with Crippen LogP contribution in [0.2, 0.25) is 0 Å². The van der Waals surface area contributed by atoms with Gasteiger partial charge in [-0.1, -0.05) is 19.9 Å². The summed E-state index contributed by atoms with van der Waals surface area (Å²) in [5.41, 5.74) is 1.41. The molecular formula is C13H17N3O2. The number of benzene rings is 1. The van der Waals surface area contributed by atoms with Gasteiger partial charge in [0.1, 0.15) is 0 Å². The van der Waals surface area contributed by atoms with Crippen molar-refractivity contribution in [3.8, 4) is 0 Å². The minimum atomic E-state index is -0.299. The van der Waals surface area contributed by atoms with Gasteiger partial charge in [-0.3, -0.25) is 4.79 Å². The zero-order valence-corrected chi connectivity index (χ0v) is 10.5. The van der Waals surface area contributed by atoms with E-state index in [1.54, 1.807) is 18.2 Å². The third-order valence-electron chi connectivity index (χ3n) is 2.80. The summed E-state index contributed by atoms with van der Waals surface area (Å²) in [4.78, 5) is 28.5. The fourth-order valence-corrected chi connectivity index (χ4v) is 1.82. The van der Waals surface area contributed by atoms with Crippen LogP contribution in [0.4, 0.5) is 0 Å². The van der Waals surface area contributed by atoms with Gasteiger partial charge < -0.3 is 15.3 Å². The zero-order chi connectivity index (χ0) is 13.1. The van der Waals surface area contributed by atoms with Crippen LogP contribution in [0, 0.1) is 5.92 Å². The quantitative estimate of drug-likeness (QED) is 0.768. The number of carbonyl (C=O) groups is 1. The molecule has 0 saturated carbocycles. The molecule has 2 aromatic rings. The molecule has 1 heterocycles. The summed E-state index contributed by atoms with van der Waals surface area (Å²) in [6.45, 7) is 4.86. The van der Waals surface area contributed by atoms with Crippen molar-refractivity contribution in [2.75, 3.05) is 6.54 Å². The van der Waals surface area contributed by atoms with E-state index in [4.69, 9.17) is 0 Å². The van der Waals surface area contributed by atoms with Crippen molar-refractivity contribution in [1.29, 1.82) is 0 Å². The number of carbonyl (C=O) groups excluding carboxylic acids is 1. The number of rotatable bonds is 4. The molecule has 0 spiro atoms. The van der Waals surface area contributed by atoms with E-state index in [0.29, 0.717) is 29.1 Å². The molecule has 0 atom stereocenters. The first-order valence-corrected chi connectivity index (χ1v) is 6.07. The molecule has 1 amide bonds. The second kappa shape index (κ2) is 5.08. The molecule has 5 heteroatoms. The van der Waals surface area contributed by atoms with Crippen LogP contribution in [-0.4, -0.2) is 22.4 Å². The summed E-state index contributed by atoms with van der Waals surface area (Å²) in [6, 6.07) is 5.22. The largest absolute Gasteiger partial charge is 0.352 e. The first-order valence-electron chi connectivity index (χ1n) is 6.07. The molecule has 1 aromatic carbocycles. The van der Waals surface area contributed by atoms with Crippen molar-refractivity contribution in [3.05, 3.63) is 34.2 Å². The molecule has 0 saturated heterocycles. The number of hydrogen-bond donors (Lipinski definition) is 3. The molecule has 0 bridgehead atoms. The van der Waals surface area contributed by atoms with Gasteiger partial charge in [0, 0.05) is 6.54 Å². The molecule has 18 heavy (non-hydrogen) atoms. The maximum absolute atomic E-state index is 12.0. The zero-order valence-electron chi connectivity index (χ0n) is 10.5. The fourth-order valence-electron chi connectivity index (χ4n) is 1.82. The summed E-state index contributed by atoms with van der Waals surface area (Å²) in [6.07, 6.45) is 0.936. The second-order valence-corrected chi connectivity index (χ2v) is 4.75. The lowest BCUT2D eigenvalue weighted by Crippen LogP contribution is -2.25. The van der Waals surface area contributed by atoms with E-state index in [1.807, 2.05) is 0 Å².